The molecule has 1 aliphatic rings. The molecule has 0 aliphatic carbocycles. The van der Waals surface area contributed by atoms with Gasteiger partial charge >= 0.3 is 0 Å². The number of nitrogens with one attached hydrogen (secondary N) is 1. The SMILES string of the molecule is C[S@](=O)Cc1cccc(C(=O)NC2CCN(Cc3ccc(Cl)cc3)CC2)c1. The molecule has 1 heterocycles. The summed E-state index contributed by atoms with van der Waals surface area (Å²) < 4.78 is 11.4. The fourth-order valence-electron chi connectivity index (χ4n) is 3.39. The van der Waals surface area contributed by atoms with Gasteiger partial charge in [0.05, 0.1) is 0 Å². The molecule has 27 heavy (non-hydrogen) atoms. The maximum absolute atomic E-state index is 12.5. The number of rotatable bonds is 6. The van der Waals surface area contributed by atoms with Crippen LogP contribution < -0.4 is 5.32 Å². The standard InChI is InChI=1S/C21H25ClN2O2S/c1-27(26)15-17-3-2-4-18(13-17)21(25)23-20-9-11-24(12-10-20)14-16-5-7-19(22)8-6-16/h2-8,13,20H,9-12,14-15H2,1H3,(H,23,25)/t27-/m0/s1. The Labute approximate surface area is 168 Å². The highest BCUT2D eigenvalue weighted by atomic mass is 35.5. The Bertz CT molecular complexity index is 802. The number of carbonyl (C=O) groups excluding carboxylic acids is 1. The highest BCUT2D eigenvalue weighted by molar-refractivity contribution is 7.83. The van der Waals surface area contributed by atoms with Crippen molar-refractivity contribution in [2.24, 2.45) is 0 Å². The summed E-state index contributed by atoms with van der Waals surface area (Å²) >= 11 is 5.94. The van der Waals surface area contributed by atoms with Crippen LogP contribution in [0.3, 0.4) is 0 Å². The average Bonchev–Trinajstić information content (AvgIpc) is 2.65. The van der Waals surface area contributed by atoms with E-state index in [4.69, 9.17) is 11.6 Å². The summed E-state index contributed by atoms with van der Waals surface area (Å²) in [6.07, 6.45) is 3.56. The first-order valence-corrected chi connectivity index (χ1v) is 11.3. The molecule has 3 rings (SSSR count). The van der Waals surface area contributed by atoms with Crippen LogP contribution in [0.15, 0.2) is 48.5 Å². The molecule has 0 bridgehead atoms. The van der Waals surface area contributed by atoms with Crippen molar-refractivity contribution in [3.05, 3.63) is 70.2 Å². The third-order valence-corrected chi connectivity index (χ3v) is 5.79. The van der Waals surface area contributed by atoms with Gasteiger partial charge in [-0.05, 0) is 48.2 Å². The van der Waals surface area contributed by atoms with Crippen LogP contribution in [0.1, 0.15) is 34.3 Å². The number of amides is 1. The Balaban J connectivity index is 1.49. The van der Waals surface area contributed by atoms with Gasteiger partial charge in [-0.3, -0.25) is 13.9 Å². The molecule has 1 N–H and O–H groups in total. The number of hydrogen-bond acceptors (Lipinski definition) is 3. The van der Waals surface area contributed by atoms with E-state index in [2.05, 4.69) is 22.3 Å². The number of hydrogen-bond donors (Lipinski definition) is 1. The van der Waals surface area contributed by atoms with E-state index in [0.29, 0.717) is 11.3 Å². The number of nitrogens with zero attached hydrogens (tertiary/aromatic N) is 1. The third kappa shape index (κ3) is 6.16. The Morgan fingerprint density at radius 2 is 1.85 bits per heavy atom. The summed E-state index contributed by atoms with van der Waals surface area (Å²) in [5, 5.41) is 3.91. The Kier molecular flexibility index (Phi) is 7.05. The Morgan fingerprint density at radius 1 is 1.15 bits per heavy atom. The Hall–Kier alpha value is -1.69. The van der Waals surface area contributed by atoms with Crippen molar-refractivity contribution < 1.29 is 9.00 Å². The van der Waals surface area contributed by atoms with E-state index in [-0.39, 0.29) is 11.9 Å². The number of piperidine rings is 1. The monoisotopic (exact) mass is 404 g/mol. The largest absolute Gasteiger partial charge is 0.349 e. The topological polar surface area (TPSA) is 49.4 Å². The molecule has 0 unspecified atom stereocenters. The van der Waals surface area contributed by atoms with Crippen LogP contribution in [-0.2, 0) is 23.1 Å². The van der Waals surface area contributed by atoms with E-state index in [0.717, 1.165) is 43.1 Å². The van der Waals surface area contributed by atoms with Crippen molar-refractivity contribution in [2.45, 2.75) is 31.2 Å². The van der Waals surface area contributed by atoms with Crippen molar-refractivity contribution >= 4 is 28.3 Å². The van der Waals surface area contributed by atoms with Gasteiger partial charge in [0, 0.05) is 59.1 Å². The van der Waals surface area contributed by atoms with Gasteiger partial charge in [0.1, 0.15) is 0 Å². The lowest BCUT2D eigenvalue weighted by Gasteiger charge is -2.32. The number of benzene rings is 2. The molecule has 2 aromatic carbocycles. The fourth-order valence-corrected chi connectivity index (χ4v) is 4.16. The van der Waals surface area contributed by atoms with Crippen LogP contribution in [0.2, 0.25) is 5.02 Å². The summed E-state index contributed by atoms with van der Waals surface area (Å²) in [4.78, 5) is 14.9. The van der Waals surface area contributed by atoms with Crippen LogP contribution >= 0.6 is 11.6 Å². The number of likely N-dealkylation sites (tertiary alicyclic amines) is 1. The summed E-state index contributed by atoms with van der Waals surface area (Å²) in [7, 11) is -0.911. The quantitative estimate of drug-likeness (QED) is 0.800. The van der Waals surface area contributed by atoms with Crippen LogP contribution in [0.25, 0.3) is 0 Å². The van der Waals surface area contributed by atoms with Crippen molar-refractivity contribution in [3.8, 4) is 0 Å². The minimum atomic E-state index is -0.911. The molecule has 6 heteroatoms. The van der Waals surface area contributed by atoms with Gasteiger partial charge in [-0.2, -0.15) is 0 Å². The smallest absolute Gasteiger partial charge is 0.251 e. The second kappa shape index (κ2) is 9.49. The van der Waals surface area contributed by atoms with E-state index in [1.165, 1.54) is 5.56 Å². The average molecular weight is 405 g/mol. The molecule has 4 nitrogen and oxygen atoms in total. The first-order chi connectivity index (χ1) is 13.0. The van der Waals surface area contributed by atoms with Crippen LogP contribution in [0.5, 0.6) is 0 Å². The third-order valence-electron chi connectivity index (χ3n) is 4.80. The highest BCUT2D eigenvalue weighted by Gasteiger charge is 2.21. The van der Waals surface area contributed by atoms with E-state index in [1.54, 1.807) is 6.26 Å². The lowest BCUT2D eigenvalue weighted by Crippen LogP contribution is -2.44. The van der Waals surface area contributed by atoms with Crippen molar-refractivity contribution in [3.63, 3.8) is 0 Å². The molecule has 0 aromatic heterocycles. The molecule has 0 spiro atoms. The lowest BCUT2D eigenvalue weighted by atomic mass is 10.0. The molecule has 0 saturated carbocycles. The second-order valence-corrected chi connectivity index (χ2v) is 8.94. The predicted molar refractivity (Wildman–Crippen MR) is 111 cm³/mol. The highest BCUT2D eigenvalue weighted by Crippen LogP contribution is 2.16. The molecule has 144 valence electrons. The zero-order valence-corrected chi connectivity index (χ0v) is 17.1. The predicted octanol–water partition coefficient (Wildman–Crippen LogP) is 3.61. The maximum atomic E-state index is 12.5. The first kappa shape index (κ1) is 20.1. The molecule has 1 saturated heterocycles. The minimum absolute atomic E-state index is 0.0464. The minimum Gasteiger partial charge on any atom is -0.349 e. The van der Waals surface area contributed by atoms with E-state index in [1.807, 2.05) is 36.4 Å². The summed E-state index contributed by atoms with van der Waals surface area (Å²) in [5.74, 6) is 0.430. The molecule has 1 aliphatic heterocycles. The summed E-state index contributed by atoms with van der Waals surface area (Å²) in [6, 6.07) is 15.6. The second-order valence-electron chi connectivity index (χ2n) is 7.07. The van der Waals surface area contributed by atoms with Gasteiger partial charge in [-0.1, -0.05) is 35.9 Å². The van der Waals surface area contributed by atoms with Gasteiger partial charge in [0.15, 0.2) is 0 Å². The first-order valence-electron chi connectivity index (χ1n) is 9.16. The van der Waals surface area contributed by atoms with Gasteiger partial charge in [0.2, 0.25) is 0 Å². The molecular formula is C21H25ClN2O2S. The zero-order chi connectivity index (χ0) is 19.2. The fraction of sp³-hybridized carbons (Fsp3) is 0.381. The van der Waals surface area contributed by atoms with Gasteiger partial charge in [-0.25, -0.2) is 0 Å². The molecule has 0 radical (unpaired) electrons. The lowest BCUT2D eigenvalue weighted by molar-refractivity contribution is 0.0909. The van der Waals surface area contributed by atoms with Crippen LogP contribution in [-0.4, -0.2) is 40.4 Å². The van der Waals surface area contributed by atoms with Crippen molar-refractivity contribution in [2.75, 3.05) is 19.3 Å². The molecule has 1 amide bonds. The van der Waals surface area contributed by atoms with Gasteiger partial charge in [0.25, 0.3) is 5.91 Å². The molecular weight excluding hydrogens is 380 g/mol. The molecule has 1 atom stereocenters. The summed E-state index contributed by atoms with van der Waals surface area (Å²) in [6.45, 7) is 2.83. The molecule has 2 aromatic rings. The van der Waals surface area contributed by atoms with Crippen molar-refractivity contribution in [1.29, 1.82) is 0 Å². The van der Waals surface area contributed by atoms with Crippen LogP contribution in [0.4, 0.5) is 0 Å². The normalized spacial score (nSPS) is 16.8. The zero-order valence-electron chi connectivity index (χ0n) is 15.5. The van der Waals surface area contributed by atoms with E-state index >= 15 is 0 Å². The number of halogens is 1. The van der Waals surface area contributed by atoms with Gasteiger partial charge in [-0.15, -0.1) is 0 Å². The van der Waals surface area contributed by atoms with Crippen LogP contribution in [0, 0.1) is 0 Å². The number of carbonyl (C=O) groups is 1. The summed E-state index contributed by atoms with van der Waals surface area (Å²) in [5.41, 5.74) is 2.83. The van der Waals surface area contributed by atoms with Crippen molar-refractivity contribution in [1.82, 2.24) is 10.2 Å². The van der Waals surface area contributed by atoms with E-state index in [9.17, 15) is 9.00 Å². The molecule has 1 fully saturated rings. The maximum Gasteiger partial charge on any atom is 0.251 e. The van der Waals surface area contributed by atoms with E-state index < -0.39 is 10.8 Å². The Morgan fingerprint density at radius 3 is 2.52 bits per heavy atom. The van der Waals surface area contributed by atoms with Gasteiger partial charge < -0.3 is 5.32 Å².